The van der Waals surface area contributed by atoms with Gasteiger partial charge in [-0.15, -0.1) is 0 Å². The molecule has 0 aliphatic rings. The molecule has 0 spiro atoms. The van der Waals surface area contributed by atoms with Gasteiger partial charge in [-0.3, -0.25) is 0 Å². The van der Waals surface area contributed by atoms with Gasteiger partial charge in [-0.05, 0) is 49.2 Å². The third kappa shape index (κ3) is 4.16. The fraction of sp³-hybridized carbons (Fsp3) is 0.250. The molecule has 1 nitrogen and oxygen atoms in total. The average molecular weight is 330 g/mol. The molecule has 21 heavy (non-hydrogen) atoms. The predicted molar refractivity (Wildman–Crippen MR) is 83.1 cm³/mol. The van der Waals surface area contributed by atoms with Crippen molar-refractivity contribution in [2.45, 2.75) is 18.9 Å². The van der Waals surface area contributed by atoms with Crippen LogP contribution < -0.4 is 5.32 Å². The highest BCUT2D eigenvalue weighted by molar-refractivity contribution is 6.31. The highest BCUT2D eigenvalue weighted by Crippen LogP contribution is 2.21. The second-order valence-corrected chi connectivity index (χ2v) is 5.69. The zero-order valence-electron chi connectivity index (χ0n) is 11.5. The third-order valence-electron chi connectivity index (χ3n) is 3.39. The molecular formula is C16H15Cl2F2N. The minimum Gasteiger partial charge on any atom is -0.316 e. The lowest BCUT2D eigenvalue weighted by atomic mass is 9.98. The second kappa shape index (κ2) is 7.21. The van der Waals surface area contributed by atoms with Crippen LogP contribution in [0.3, 0.4) is 0 Å². The van der Waals surface area contributed by atoms with Crippen molar-refractivity contribution in [3.8, 4) is 0 Å². The number of benzene rings is 2. The van der Waals surface area contributed by atoms with Crippen LogP contribution in [0.1, 0.15) is 11.1 Å². The fourth-order valence-electron chi connectivity index (χ4n) is 2.20. The first-order chi connectivity index (χ1) is 10.0. The number of likely N-dealkylation sites (N-methyl/N-ethyl adjacent to an activating group) is 1. The van der Waals surface area contributed by atoms with Crippen LogP contribution in [0.15, 0.2) is 36.4 Å². The molecule has 0 radical (unpaired) electrons. The summed E-state index contributed by atoms with van der Waals surface area (Å²) in [7, 11) is 1.76. The summed E-state index contributed by atoms with van der Waals surface area (Å²) in [5, 5.41) is 3.53. The van der Waals surface area contributed by atoms with E-state index < -0.39 is 5.82 Å². The summed E-state index contributed by atoms with van der Waals surface area (Å²) in [5.41, 5.74) is 1.05. The van der Waals surface area contributed by atoms with Crippen LogP contribution in [-0.2, 0) is 12.8 Å². The largest absolute Gasteiger partial charge is 0.316 e. The van der Waals surface area contributed by atoms with E-state index in [4.69, 9.17) is 23.2 Å². The maximum atomic E-state index is 13.9. The predicted octanol–water partition coefficient (Wildman–Crippen LogP) is 4.64. The van der Waals surface area contributed by atoms with Crippen molar-refractivity contribution in [2.75, 3.05) is 7.05 Å². The Labute approximate surface area is 132 Å². The molecule has 0 fully saturated rings. The molecule has 112 valence electrons. The van der Waals surface area contributed by atoms with Crippen molar-refractivity contribution in [3.05, 3.63) is 69.2 Å². The van der Waals surface area contributed by atoms with Crippen molar-refractivity contribution in [2.24, 2.45) is 0 Å². The first-order valence-corrected chi connectivity index (χ1v) is 7.31. The standard InChI is InChI=1S/C16H15Cl2F2N/c1-21-13(7-10-5-6-12(17)9-15(10)19)8-11-3-2-4-14(18)16(11)20/h2-6,9,13,21H,7-8H2,1H3. The number of halogens is 4. The molecule has 1 atom stereocenters. The molecular weight excluding hydrogens is 315 g/mol. The summed E-state index contributed by atoms with van der Waals surface area (Å²) >= 11 is 11.5. The molecule has 0 saturated carbocycles. The normalized spacial score (nSPS) is 12.4. The van der Waals surface area contributed by atoms with E-state index in [0.29, 0.717) is 29.0 Å². The molecule has 0 saturated heterocycles. The third-order valence-corrected chi connectivity index (χ3v) is 3.91. The molecule has 2 rings (SSSR count). The Hall–Kier alpha value is -1.16. The minimum atomic E-state index is -0.420. The van der Waals surface area contributed by atoms with Gasteiger partial charge in [-0.25, -0.2) is 8.78 Å². The van der Waals surface area contributed by atoms with Crippen LogP contribution in [-0.4, -0.2) is 13.1 Å². The van der Waals surface area contributed by atoms with Gasteiger partial charge in [-0.2, -0.15) is 0 Å². The van der Waals surface area contributed by atoms with Crippen LogP contribution >= 0.6 is 23.2 Å². The van der Waals surface area contributed by atoms with Gasteiger partial charge in [0.05, 0.1) is 5.02 Å². The Bertz CT molecular complexity index is 632. The molecule has 0 aliphatic heterocycles. The Morgan fingerprint density at radius 2 is 1.76 bits per heavy atom. The van der Waals surface area contributed by atoms with E-state index in [1.807, 2.05) is 0 Å². The Kier molecular flexibility index (Phi) is 5.57. The summed E-state index contributed by atoms with van der Waals surface area (Å²) in [6, 6.07) is 9.37. The van der Waals surface area contributed by atoms with E-state index in [-0.39, 0.29) is 16.9 Å². The maximum absolute atomic E-state index is 13.9. The van der Waals surface area contributed by atoms with Crippen molar-refractivity contribution in [1.82, 2.24) is 5.32 Å². The molecule has 1 unspecified atom stereocenters. The number of rotatable bonds is 5. The molecule has 0 bridgehead atoms. The molecule has 5 heteroatoms. The van der Waals surface area contributed by atoms with Crippen molar-refractivity contribution in [1.29, 1.82) is 0 Å². The van der Waals surface area contributed by atoms with Gasteiger partial charge < -0.3 is 5.32 Å². The lowest BCUT2D eigenvalue weighted by Gasteiger charge is -2.17. The summed E-state index contributed by atoms with van der Waals surface area (Å²) < 4.78 is 27.7. The topological polar surface area (TPSA) is 12.0 Å². The molecule has 0 heterocycles. The molecule has 1 N–H and O–H groups in total. The van der Waals surface area contributed by atoms with E-state index >= 15 is 0 Å². The lowest BCUT2D eigenvalue weighted by Crippen LogP contribution is -2.30. The summed E-state index contributed by atoms with van der Waals surface area (Å²) in [4.78, 5) is 0. The van der Waals surface area contributed by atoms with E-state index in [9.17, 15) is 8.78 Å². The highest BCUT2D eigenvalue weighted by atomic mass is 35.5. The van der Waals surface area contributed by atoms with Crippen LogP contribution in [0.25, 0.3) is 0 Å². The van der Waals surface area contributed by atoms with E-state index in [1.54, 1.807) is 31.3 Å². The van der Waals surface area contributed by atoms with Gasteiger partial charge in [0.1, 0.15) is 11.6 Å². The van der Waals surface area contributed by atoms with Crippen molar-refractivity contribution in [3.63, 3.8) is 0 Å². The average Bonchev–Trinajstić information content (AvgIpc) is 2.45. The van der Waals surface area contributed by atoms with Gasteiger partial charge in [0.25, 0.3) is 0 Å². The number of nitrogens with one attached hydrogen (secondary N) is 1. The van der Waals surface area contributed by atoms with Gasteiger partial charge in [0, 0.05) is 11.1 Å². The van der Waals surface area contributed by atoms with Crippen LogP contribution in [0.4, 0.5) is 8.78 Å². The van der Waals surface area contributed by atoms with Crippen molar-refractivity contribution >= 4 is 23.2 Å². The Morgan fingerprint density at radius 3 is 2.43 bits per heavy atom. The number of hydrogen-bond acceptors (Lipinski definition) is 1. The van der Waals surface area contributed by atoms with Gasteiger partial charge in [0.2, 0.25) is 0 Å². The van der Waals surface area contributed by atoms with E-state index in [0.717, 1.165) is 0 Å². The van der Waals surface area contributed by atoms with Gasteiger partial charge in [-0.1, -0.05) is 41.4 Å². The Morgan fingerprint density at radius 1 is 1.05 bits per heavy atom. The summed E-state index contributed by atoms with van der Waals surface area (Å²) in [5.74, 6) is -0.773. The molecule has 0 aromatic heterocycles. The maximum Gasteiger partial charge on any atom is 0.145 e. The SMILES string of the molecule is CNC(Cc1ccc(Cl)cc1F)Cc1cccc(Cl)c1F. The zero-order valence-corrected chi connectivity index (χ0v) is 13.0. The smallest absolute Gasteiger partial charge is 0.145 e. The summed E-state index contributed by atoms with van der Waals surface area (Å²) in [6.45, 7) is 0. The van der Waals surface area contributed by atoms with Crippen LogP contribution in [0.5, 0.6) is 0 Å². The van der Waals surface area contributed by atoms with E-state index in [1.165, 1.54) is 12.1 Å². The molecule has 0 aliphatic carbocycles. The molecule has 2 aromatic rings. The minimum absolute atomic E-state index is 0.0972. The van der Waals surface area contributed by atoms with Crippen LogP contribution in [0.2, 0.25) is 10.0 Å². The monoisotopic (exact) mass is 329 g/mol. The van der Waals surface area contributed by atoms with Crippen LogP contribution in [0, 0.1) is 11.6 Å². The first-order valence-electron chi connectivity index (χ1n) is 6.55. The molecule has 0 amide bonds. The quantitative estimate of drug-likeness (QED) is 0.842. The lowest BCUT2D eigenvalue weighted by molar-refractivity contribution is 0.517. The Balaban J connectivity index is 2.15. The molecule has 2 aromatic carbocycles. The number of hydrogen-bond donors (Lipinski definition) is 1. The van der Waals surface area contributed by atoms with E-state index in [2.05, 4.69) is 5.32 Å². The summed E-state index contributed by atoms with van der Waals surface area (Å²) in [6.07, 6.45) is 0.858. The van der Waals surface area contributed by atoms with Gasteiger partial charge in [0.15, 0.2) is 0 Å². The van der Waals surface area contributed by atoms with Crippen molar-refractivity contribution < 1.29 is 8.78 Å². The first kappa shape index (κ1) is 16.2. The fourth-order valence-corrected chi connectivity index (χ4v) is 2.55. The highest BCUT2D eigenvalue weighted by Gasteiger charge is 2.15. The van der Waals surface area contributed by atoms with Gasteiger partial charge >= 0.3 is 0 Å². The second-order valence-electron chi connectivity index (χ2n) is 4.84. The zero-order chi connectivity index (χ0) is 15.4.